The van der Waals surface area contributed by atoms with E-state index in [0.717, 1.165) is 0 Å². The second-order valence-electron chi connectivity index (χ2n) is 6.56. The average molecular weight is 440 g/mol. The summed E-state index contributed by atoms with van der Waals surface area (Å²) in [5.41, 5.74) is 0.542. The van der Waals surface area contributed by atoms with Gasteiger partial charge in [0, 0.05) is 23.7 Å². The number of thiocarbonyl (C=S) groups is 1. The van der Waals surface area contributed by atoms with E-state index in [4.69, 9.17) is 47.0 Å². The lowest BCUT2D eigenvalue weighted by molar-refractivity contribution is -0.129. The Balaban J connectivity index is 2.81. The molecule has 2 amide bonds. The Bertz CT molecular complexity index is 687. The van der Waals surface area contributed by atoms with E-state index in [1.807, 2.05) is 0 Å². The molecule has 1 rings (SSSR count). The number of halogens is 3. The summed E-state index contributed by atoms with van der Waals surface area (Å²) in [5, 5.41) is 11.1. The van der Waals surface area contributed by atoms with E-state index >= 15 is 0 Å². The largest absolute Gasteiger partial charge is 0.339 e. The van der Waals surface area contributed by atoms with Gasteiger partial charge in [0.05, 0.1) is 0 Å². The topological polar surface area (TPSA) is 82.3 Å². The van der Waals surface area contributed by atoms with Gasteiger partial charge < -0.3 is 21.3 Å². The van der Waals surface area contributed by atoms with Gasteiger partial charge in [-0.1, -0.05) is 61.6 Å². The average Bonchev–Trinajstić information content (AvgIpc) is 2.43. The molecule has 1 aromatic carbocycles. The molecule has 1 aromatic rings. The lowest BCUT2D eigenvalue weighted by Crippen LogP contribution is -2.58. The van der Waals surface area contributed by atoms with Gasteiger partial charge in [0.25, 0.3) is 0 Å². The highest BCUT2D eigenvalue weighted by molar-refractivity contribution is 7.80. The third-order valence-electron chi connectivity index (χ3n) is 3.00. The summed E-state index contributed by atoms with van der Waals surface area (Å²) < 4.78 is -1.83. The molecule has 0 bridgehead atoms. The lowest BCUT2D eigenvalue weighted by Gasteiger charge is -2.30. The van der Waals surface area contributed by atoms with Crippen molar-refractivity contribution in [1.29, 1.82) is 0 Å². The summed E-state index contributed by atoms with van der Waals surface area (Å²) in [5.74, 6) is -0.499. The van der Waals surface area contributed by atoms with Crippen molar-refractivity contribution in [3.63, 3.8) is 0 Å². The number of nitrogens with one attached hydrogen (secondary N) is 4. The molecule has 10 heteroatoms. The zero-order valence-corrected chi connectivity index (χ0v) is 17.8. The first kappa shape index (κ1) is 22.8. The quantitative estimate of drug-likeness (QED) is 0.326. The second-order valence-corrected chi connectivity index (χ2v) is 9.34. The molecular weight excluding hydrogens is 419 g/mol. The molecule has 0 saturated heterocycles. The molecule has 0 spiro atoms. The van der Waals surface area contributed by atoms with Crippen LogP contribution in [0.5, 0.6) is 0 Å². The Morgan fingerprint density at radius 3 is 2.04 bits per heavy atom. The Morgan fingerprint density at radius 1 is 1.04 bits per heavy atom. The van der Waals surface area contributed by atoms with Gasteiger partial charge in [0.15, 0.2) is 5.11 Å². The van der Waals surface area contributed by atoms with Crippen LogP contribution in [-0.2, 0) is 9.59 Å². The van der Waals surface area contributed by atoms with E-state index in [2.05, 4.69) is 21.3 Å². The Kier molecular flexibility index (Phi) is 7.95. The van der Waals surface area contributed by atoms with Crippen LogP contribution < -0.4 is 21.3 Å². The van der Waals surface area contributed by atoms with Gasteiger partial charge in [0.2, 0.25) is 15.6 Å². The van der Waals surface area contributed by atoms with Crippen molar-refractivity contribution in [3.8, 4) is 0 Å². The van der Waals surface area contributed by atoms with E-state index in [1.165, 1.54) is 6.92 Å². The van der Waals surface area contributed by atoms with Gasteiger partial charge in [-0.05, 0) is 30.4 Å². The molecule has 1 unspecified atom stereocenters. The Morgan fingerprint density at radius 2 is 1.58 bits per heavy atom. The van der Waals surface area contributed by atoms with Crippen LogP contribution in [0.3, 0.4) is 0 Å². The fourth-order valence-electron chi connectivity index (χ4n) is 1.72. The molecule has 0 fully saturated rings. The van der Waals surface area contributed by atoms with Crippen LogP contribution in [-0.4, -0.2) is 26.9 Å². The molecule has 4 N–H and O–H groups in total. The SMILES string of the molecule is CC(=O)Nc1cccc(NC(=S)NC(NC(=O)C(C)(C)C)C(Cl)(Cl)Cl)c1. The van der Waals surface area contributed by atoms with Crippen molar-refractivity contribution in [2.45, 2.75) is 37.7 Å². The summed E-state index contributed by atoms with van der Waals surface area (Å²) in [6.45, 7) is 6.63. The number of alkyl halides is 3. The van der Waals surface area contributed by atoms with E-state index in [1.54, 1.807) is 45.0 Å². The fourth-order valence-corrected chi connectivity index (χ4v) is 2.29. The molecule has 144 valence electrons. The van der Waals surface area contributed by atoms with Gasteiger partial charge in [-0.2, -0.15) is 0 Å². The number of amides is 2. The summed E-state index contributed by atoms with van der Waals surface area (Å²) in [7, 11) is 0. The maximum atomic E-state index is 12.2. The molecule has 0 aromatic heterocycles. The van der Waals surface area contributed by atoms with Crippen molar-refractivity contribution in [2.75, 3.05) is 10.6 Å². The van der Waals surface area contributed by atoms with Gasteiger partial charge in [-0.15, -0.1) is 0 Å². The molecule has 6 nitrogen and oxygen atoms in total. The van der Waals surface area contributed by atoms with E-state index in [9.17, 15) is 9.59 Å². The second kappa shape index (κ2) is 9.08. The first-order valence-corrected chi connectivity index (χ1v) is 9.16. The third kappa shape index (κ3) is 7.95. The highest BCUT2D eigenvalue weighted by atomic mass is 35.6. The van der Waals surface area contributed by atoms with E-state index < -0.39 is 15.4 Å². The van der Waals surface area contributed by atoms with Crippen LogP contribution in [0, 0.1) is 5.41 Å². The van der Waals surface area contributed by atoms with E-state index in [-0.39, 0.29) is 16.9 Å². The molecule has 0 aliphatic carbocycles. The van der Waals surface area contributed by atoms with Crippen molar-refractivity contribution < 1.29 is 9.59 Å². The van der Waals surface area contributed by atoms with Crippen LogP contribution in [0.4, 0.5) is 11.4 Å². The zero-order chi connectivity index (χ0) is 20.1. The van der Waals surface area contributed by atoms with E-state index in [0.29, 0.717) is 11.4 Å². The number of carbonyl (C=O) groups excluding carboxylic acids is 2. The van der Waals surface area contributed by atoms with Gasteiger partial charge in [-0.3, -0.25) is 9.59 Å². The van der Waals surface area contributed by atoms with Crippen molar-refractivity contribution >= 4 is 75.3 Å². The first-order valence-electron chi connectivity index (χ1n) is 7.62. The van der Waals surface area contributed by atoms with Crippen molar-refractivity contribution in [3.05, 3.63) is 24.3 Å². The highest BCUT2D eigenvalue weighted by Crippen LogP contribution is 2.30. The Labute approximate surface area is 173 Å². The molecule has 0 radical (unpaired) electrons. The lowest BCUT2D eigenvalue weighted by atomic mass is 9.95. The Hall–Kier alpha value is -1.28. The molecule has 26 heavy (non-hydrogen) atoms. The molecule has 0 heterocycles. The molecule has 0 saturated carbocycles. The normalized spacial score (nSPS) is 12.7. The van der Waals surface area contributed by atoms with Crippen molar-refractivity contribution in [2.24, 2.45) is 5.41 Å². The number of anilines is 2. The number of benzene rings is 1. The number of hydrogen-bond acceptors (Lipinski definition) is 3. The molecule has 1 atom stereocenters. The predicted molar refractivity (Wildman–Crippen MR) is 112 cm³/mol. The van der Waals surface area contributed by atoms with Crippen LogP contribution in [0.2, 0.25) is 0 Å². The summed E-state index contributed by atoms with van der Waals surface area (Å²) in [4.78, 5) is 23.3. The fraction of sp³-hybridized carbons (Fsp3) is 0.438. The maximum absolute atomic E-state index is 12.2. The third-order valence-corrected chi connectivity index (χ3v) is 3.87. The summed E-state index contributed by atoms with van der Waals surface area (Å²) in [6.07, 6.45) is -1.04. The smallest absolute Gasteiger partial charge is 0.228 e. The van der Waals surface area contributed by atoms with Crippen LogP contribution >= 0.6 is 47.0 Å². The first-order chi connectivity index (χ1) is 11.8. The summed E-state index contributed by atoms with van der Waals surface area (Å²) in [6, 6.07) is 6.91. The van der Waals surface area contributed by atoms with Gasteiger partial charge >= 0.3 is 0 Å². The van der Waals surface area contributed by atoms with Crippen LogP contribution in [0.15, 0.2) is 24.3 Å². The molecule has 0 aliphatic rings. The standard InChI is InChI=1S/C16H21Cl3N4O2S/c1-9(24)20-10-6-5-7-11(8-10)21-14(26)23-12(16(17,18)19)22-13(25)15(2,3)4/h5-8,12H,1-4H3,(H,20,24)(H,22,25)(H2,21,23,26). The van der Waals surface area contributed by atoms with Crippen LogP contribution in [0.1, 0.15) is 27.7 Å². The monoisotopic (exact) mass is 438 g/mol. The van der Waals surface area contributed by atoms with Crippen molar-refractivity contribution in [1.82, 2.24) is 10.6 Å². The number of rotatable bonds is 4. The minimum Gasteiger partial charge on any atom is -0.339 e. The predicted octanol–water partition coefficient (Wildman–Crippen LogP) is 3.79. The molecular formula is C16H21Cl3N4O2S. The maximum Gasteiger partial charge on any atom is 0.228 e. The number of hydrogen-bond donors (Lipinski definition) is 4. The minimum atomic E-state index is -1.83. The van der Waals surface area contributed by atoms with Gasteiger partial charge in [0.1, 0.15) is 6.17 Å². The summed E-state index contributed by atoms with van der Waals surface area (Å²) >= 11 is 23.0. The highest BCUT2D eigenvalue weighted by Gasteiger charge is 2.36. The minimum absolute atomic E-state index is 0.135. The van der Waals surface area contributed by atoms with Gasteiger partial charge in [-0.25, -0.2) is 0 Å². The zero-order valence-electron chi connectivity index (χ0n) is 14.7. The van der Waals surface area contributed by atoms with Crippen LogP contribution in [0.25, 0.3) is 0 Å². The number of carbonyl (C=O) groups is 2. The molecule has 0 aliphatic heterocycles.